The number of nitrogens with zero attached hydrogens (tertiary/aromatic N) is 2. The normalized spacial score (nSPS) is 10.4. The third-order valence-electron chi connectivity index (χ3n) is 2.65. The molecule has 0 saturated heterocycles. The minimum absolute atomic E-state index is 0.0102. The molecule has 0 spiro atoms. The summed E-state index contributed by atoms with van der Waals surface area (Å²) in [6.07, 6.45) is 0.474. The lowest BCUT2D eigenvalue weighted by Gasteiger charge is -2.07. The monoisotopic (exact) mass is 277 g/mol. The molecule has 3 N–H and O–H groups in total. The van der Waals surface area contributed by atoms with E-state index in [1.807, 2.05) is 12.1 Å². The zero-order valence-corrected chi connectivity index (χ0v) is 11.0. The summed E-state index contributed by atoms with van der Waals surface area (Å²) in [5.74, 6) is -0.640. The first-order chi connectivity index (χ1) is 8.97. The Bertz CT molecular complexity index is 603. The highest BCUT2D eigenvalue weighted by molar-refractivity contribution is 6.30. The van der Waals surface area contributed by atoms with Crippen LogP contribution in [0.15, 0.2) is 24.3 Å². The van der Waals surface area contributed by atoms with Crippen molar-refractivity contribution >= 4 is 23.4 Å². The molecule has 0 bridgehead atoms. The van der Waals surface area contributed by atoms with Crippen molar-refractivity contribution in [3.8, 4) is 0 Å². The number of aromatic nitrogens is 2. The lowest BCUT2D eigenvalue weighted by Crippen LogP contribution is -2.12. The van der Waals surface area contributed by atoms with Gasteiger partial charge in [-0.1, -0.05) is 23.7 Å². The van der Waals surface area contributed by atoms with E-state index in [9.17, 15) is 4.79 Å². The van der Waals surface area contributed by atoms with Gasteiger partial charge in [0.05, 0.1) is 5.69 Å². The average Bonchev–Trinajstić information content (AvgIpc) is 2.30. The number of rotatable bonds is 3. The highest BCUT2D eigenvalue weighted by atomic mass is 35.5. The standard InChI is InChI=1S/C13H12ClN3O2/c1-7-11(13(18)19)12(15)17-10(16-7)6-8-2-4-9(14)5-3-8/h2-5H,6H2,1H3,(H,18,19)(H2,15,16,17). The van der Waals surface area contributed by atoms with Gasteiger partial charge in [0.1, 0.15) is 17.2 Å². The highest BCUT2D eigenvalue weighted by Gasteiger charge is 2.15. The number of hydrogen-bond acceptors (Lipinski definition) is 4. The third kappa shape index (κ3) is 3.00. The van der Waals surface area contributed by atoms with E-state index in [-0.39, 0.29) is 11.4 Å². The van der Waals surface area contributed by atoms with Crippen molar-refractivity contribution in [2.75, 3.05) is 5.73 Å². The highest BCUT2D eigenvalue weighted by Crippen LogP contribution is 2.16. The molecule has 0 atom stereocenters. The van der Waals surface area contributed by atoms with Gasteiger partial charge in [-0.3, -0.25) is 0 Å². The number of halogens is 1. The van der Waals surface area contributed by atoms with Crippen LogP contribution >= 0.6 is 11.6 Å². The molecule has 0 radical (unpaired) electrons. The molecule has 1 heterocycles. The van der Waals surface area contributed by atoms with E-state index in [4.69, 9.17) is 22.4 Å². The second-order valence-electron chi connectivity index (χ2n) is 4.09. The van der Waals surface area contributed by atoms with Crippen LogP contribution in [0.1, 0.15) is 27.4 Å². The molecule has 19 heavy (non-hydrogen) atoms. The number of benzene rings is 1. The lowest BCUT2D eigenvalue weighted by molar-refractivity contribution is 0.0696. The van der Waals surface area contributed by atoms with Gasteiger partial charge in [0.2, 0.25) is 0 Å². The van der Waals surface area contributed by atoms with Crippen molar-refractivity contribution in [1.82, 2.24) is 9.97 Å². The maximum absolute atomic E-state index is 11.0. The number of hydrogen-bond donors (Lipinski definition) is 2. The van der Waals surface area contributed by atoms with Crippen molar-refractivity contribution in [2.45, 2.75) is 13.3 Å². The topological polar surface area (TPSA) is 89.1 Å². The molecule has 0 saturated carbocycles. The number of anilines is 1. The number of aryl methyl sites for hydroxylation is 1. The average molecular weight is 278 g/mol. The van der Waals surface area contributed by atoms with Crippen LogP contribution in [0.25, 0.3) is 0 Å². The Morgan fingerprint density at radius 3 is 2.47 bits per heavy atom. The summed E-state index contributed by atoms with van der Waals surface area (Å²) in [4.78, 5) is 19.2. The maximum atomic E-state index is 11.0. The van der Waals surface area contributed by atoms with Crippen LogP contribution in [0, 0.1) is 6.92 Å². The van der Waals surface area contributed by atoms with Crippen LogP contribution in [0.4, 0.5) is 5.82 Å². The van der Waals surface area contributed by atoms with E-state index >= 15 is 0 Å². The van der Waals surface area contributed by atoms with Gasteiger partial charge in [-0.2, -0.15) is 0 Å². The van der Waals surface area contributed by atoms with Crippen LogP contribution < -0.4 is 5.73 Å². The largest absolute Gasteiger partial charge is 0.477 e. The minimum atomic E-state index is -1.12. The third-order valence-corrected chi connectivity index (χ3v) is 2.91. The van der Waals surface area contributed by atoms with Crippen molar-refractivity contribution < 1.29 is 9.90 Å². The zero-order chi connectivity index (χ0) is 14.0. The second-order valence-corrected chi connectivity index (χ2v) is 4.53. The Balaban J connectivity index is 2.32. The van der Waals surface area contributed by atoms with E-state index in [2.05, 4.69) is 9.97 Å². The summed E-state index contributed by atoms with van der Waals surface area (Å²) in [6.45, 7) is 1.60. The van der Waals surface area contributed by atoms with Gasteiger partial charge in [0, 0.05) is 11.4 Å². The summed E-state index contributed by atoms with van der Waals surface area (Å²) in [5, 5.41) is 9.64. The second kappa shape index (κ2) is 5.24. The predicted octanol–water partition coefficient (Wildman–Crippen LogP) is 2.31. The number of carbonyl (C=O) groups is 1. The van der Waals surface area contributed by atoms with Crippen LogP contribution in [0.3, 0.4) is 0 Å². The molecule has 2 rings (SSSR count). The summed E-state index contributed by atoms with van der Waals surface area (Å²) in [7, 11) is 0. The van der Waals surface area contributed by atoms with E-state index in [0.717, 1.165) is 5.56 Å². The van der Waals surface area contributed by atoms with Gasteiger partial charge >= 0.3 is 5.97 Å². The molecular formula is C13H12ClN3O2. The molecule has 98 valence electrons. The molecule has 0 aliphatic rings. The van der Waals surface area contributed by atoms with Crippen LogP contribution in [-0.2, 0) is 6.42 Å². The van der Waals surface area contributed by atoms with Gasteiger partial charge in [0.15, 0.2) is 0 Å². The Hall–Kier alpha value is -2.14. The smallest absolute Gasteiger partial charge is 0.341 e. The number of nitrogen functional groups attached to an aromatic ring is 1. The molecule has 0 aliphatic carbocycles. The van der Waals surface area contributed by atoms with Gasteiger partial charge in [-0.05, 0) is 24.6 Å². The summed E-state index contributed by atoms with van der Waals surface area (Å²) >= 11 is 5.80. The first kappa shape index (κ1) is 13.3. The molecule has 1 aromatic heterocycles. The van der Waals surface area contributed by atoms with Crippen molar-refractivity contribution in [3.63, 3.8) is 0 Å². The first-order valence-electron chi connectivity index (χ1n) is 5.58. The summed E-state index contributed by atoms with van der Waals surface area (Å²) < 4.78 is 0. The Kier molecular flexibility index (Phi) is 3.66. The number of carboxylic acid groups (broad SMARTS) is 1. The van der Waals surface area contributed by atoms with Crippen LogP contribution in [-0.4, -0.2) is 21.0 Å². The first-order valence-corrected chi connectivity index (χ1v) is 5.96. The molecule has 5 nitrogen and oxygen atoms in total. The molecular weight excluding hydrogens is 266 g/mol. The van der Waals surface area contributed by atoms with Crippen molar-refractivity contribution in [3.05, 3.63) is 51.9 Å². The van der Waals surface area contributed by atoms with Gasteiger partial charge in [0.25, 0.3) is 0 Å². The Morgan fingerprint density at radius 2 is 1.95 bits per heavy atom. The summed E-state index contributed by atoms with van der Waals surface area (Å²) in [5.41, 5.74) is 6.95. The van der Waals surface area contributed by atoms with E-state index < -0.39 is 5.97 Å². The van der Waals surface area contributed by atoms with Crippen molar-refractivity contribution in [1.29, 1.82) is 0 Å². The fourth-order valence-corrected chi connectivity index (χ4v) is 1.91. The minimum Gasteiger partial charge on any atom is -0.477 e. The van der Waals surface area contributed by atoms with E-state index in [1.165, 1.54) is 0 Å². The predicted molar refractivity (Wildman–Crippen MR) is 72.4 cm³/mol. The van der Waals surface area contributed by atoms with Crippen molar-refractivity contribution in [2.24, 2.45) is 0 Å². The number of aromatic carboxylic acids is 1. The van der Waals surface area contributed by atoms with E-state index in [0.29, 0.717) is 23.0 Å². The summed E-state index contributed by atoms with van der Waals surface area (Å²) in [6, 6.07) is 7.28. The van der Waals surface area contributed by atoms with Gasteiger partial charge in [-0.15, -0.1) is 0 Å². The fourth-order valence-electron chi connectivity index (χ4n) is 1.78. The lowest BCUT2D eigenvalue weighted by atomic mass is 10.1. The molecule has 1 aromatic carbocycles. The zero-order valence-electron chi connectivity index (χ0n) is 10.2. The molecule has 2 aromatic rings. The number of nitrogens with two attached hydrogens (primary N) is 1. The molecule has 6 heteroatoms. The number of carboxylic acids is 1. The Labute approximate surface area is 115 Å². The molecule has 0 amide bonds. The SMILES string of the molecule is Cc1nc(Cc2ccc(Cl)cc2)nc(N)c1C(=O)O. The van der Waals surface area contributed by atoms with Gasteiger partial charge in [-0.25, -0.2) is 14.8 Å². The molecule has 0 unspecified atom stereocenters. The van der Waals surface area contributed by atoms with Crippen LogP contribution in [0.5, 0.6) is 0 Å². The maximum Gasteiger partial charge on any atom is 0.341 e. The van der Waals surface area contributed by atoms with E-state index in [1.54, 1.807) is 19.1 Å². The molecule has 0 aliphatic heterocycles. The molecule has 0 fully saturated rings. The van der Waals surface area contributed by atoms with Crippen LogP contribution in [0.2, 0.25) is 5.02 Å². The fraction of sp³-hybridized carbons (Fsp3) is 0.154. The van der Waals surface area contributed by atoms with Gasteiger partial charge < -0.3 is 10.8 Å². The Morgan fingerprint density at radius 1 is 1.32 bits per heavy atom. The quantitative estimate of drug-likeness (QED) is 0.898.